The van der Waals surface area contributed by atoms with Crippen LogP contribution in [0.2, 0.25) is 0 Å². The van der Waals surface area contributed by atoms with Gasteiger partial charge in [0.1, 0.15) is 24.4 Å². The lowest BCUT2D eigenvalue weighted by atomic mass is 9.99. The summed E-state index contributed by atoms with van der Waals surface area (Å²) in [5.41, 5.74) is 0. The van der Waals surface area contributed by atoms with E-state index >= 15 is 0 Å². The van der Waals surface area contributed by atoms with E-state index in [0.29, 0.717) is 0 Å². The van der Waals surface area contributed by atoms with Crippen molar-refractivity contribution in [1.29, 1.82) is 0 Å². The van der Waals surface area contributed by atoms with E-state index in [-0.39, 0.29) is 6.61 Å². The van der Waals surface area contributed by atoms with Crippen LogP contribution in [-0.2, 0) is 9.47 Å². The molecule has 0 amide bonds. The third-order valence-corrected chi connectivity index (χ3v) is 2.11. The van der Waals surface area contributed by atoms with Crippen LogP contribution in [0.15, 0.2) is 0 Å². The van der Waals surface area contributed by atoms with Crippen molar-refractivity contribution in [3.63, 3.8) is 0 Å². The molecule has 0 aliphatic carbocycles. The molecule has 1 saturated heterocycles. The normalized spacial score (nSPS) is 46.4. The van der Waals surface area contributed by atoms with Crippen LogP contribution in [0.5, 0.6) is 0 Å². The molecule has 78 valence electrons. The Balaban J connectivity index is 2.69. The average molecular weight is 194 g/mol. The highest BCUT2D eigenvalue weighted by molar-refractivity contribution is 4.89. The summed E-state index contributed by atoms with van der Waals surface area (Å²) in [6, 6.07) is 0. The molecule has 1 rings (SSSR count). The van der Waals surface area contributed by atoms with Crippen LogP contribution in [0.3, 0.4) is 0 Å². The van der Waals surface area contributed by atoms with Crippen molar-refractivity contribution in [3.8, 4) is 0 Å². The van der Waals surface area contributed by atoms with Crippen molar-refractivity contribution in [1.82, 2.24) is 0 Å². The monoisotopic (exact) mass is 194 g/mol. The molecule has 4 N–H and O–H groups in total. The van der Waals surface area contributed by atoms with Crippen LogP contribution in [0.1, 0.15) is 0 Å². The first kappa shape index (κ1) is 10.8. The van der Waals surface area contributed by atoms with Crippen LogP contribution in [0, 0.1) is 0 Å². The van der Waals surface area contributed by atoms with E-state index in [1.54, 1.807) is 0 Å². The minimum atomic E-state index is -1.49. The summed E-state index contributed by atoms with van der Waals surface area (Å²) in [4.78, 5) is 0. The van der Waals surface area contributed by atoms with Gasteiger partial charge in [-0.1, -0.05) is 0 Å². The molecule has 0 radical (unpaired) electrons. The third kappa shape index (κ3) is 1.98. The molecule has 6 heteroatoms. The van der Waals surface area contributed by atoms with Crippen molar-refractivity contribution >= 4 is 0 Å². The van der Waals surface area contributed by atoms with Gasteiger partial charge in [-0.05, 0) is 0 Å². The van der Waals surface area contributed by atoms with Gasteiger partial charge in [-0.2, -0.15) is 0 Å². The Hall–Kier alpha value is -0.240. The van der Waals surface area contributed by atoms with Crippen LogP contribution in [-0.4, -0.2) is 64.8 Å². The molecule has 6 nitrogen and oxygen atoms in total. The highest BCUT2D eigenvalue weighted by Crippen LogP contribution is 2.21. The van der Waals surface area contributed by atoms with Crippen molar-refractivity contribution in [2.45, 2.75) is 30.7 Å². The molecule has 5 atom stereocenters. The highest BCUT2D eigenvalue weighted by Gasteiger charge is 2.43. The van der Waals surface area contributed by atoms with Gasteiger partial charge in [-0.25, -0.2) is 0 Å². The van der Waals surface area contributed by atoms with Crippen LogP contribution in [0.25, 0.3) is 0 Å². The predicted molar refractivity (Wildman–Crippen MR) is 40.8 cm³/mol. The SMILES string of the molecule is CO[C@@H]1[C@@H](O)[C@@H](O)[C@@H](O)O[C@@H]1CO. The first-order valence-corrected chi connectivity index (χ1v) is 3.95. The molecule has 0 bridgehead atoms. The van der Waals surface area contributed by atoms with Crippen LogP contribution in [0.4, 0.5) is 0 Å². The van der Waals surface area contributed by atoms with E-state index in [9.17, 15) is 10.2 Å². The van der Waals surface area contributed by atoms with Gasteiger partial charge in [0.15, 0.2) is 6.29 Å². The Morgan fingerprint density at radius 3 is 2.31 bits per heavy atom. The van der Waals surface area contributed by atoms with E-state index in [1.165, 1.54) is 7.11 Å². The van der Waals surface area contributed by atoms with Gasteiger partial charge in [0, 0.05) is 7.11 Å². The van der Waals surface area contributed by atoms with Crippen molar-refractivity contribution in [2.75, 3.05) is 13.7 Å². The molecule has 1 aliphatic heterocycles. The first-order valence-electron chi connectivity index (χ1n) is 3.95. The zero-order valence-electron chi connectivity index (χ0n) is 7.20. The minimum absolute atomic E-state index is 0.390. The number of aliphatic hydroxyl groups excluding tert-OH is 4. The molecule has 0 saturated carbocycles. The zero-order chi connectivity index (χ0) is 10.0. The Morgan fingerprint density at radius 2 is 1.85 bits per heavy atom. The molecular weight excluding hydrogens is 180 g/mol. The molecule has 13 heavy (non-hydrogen) atoms. The fourth-order valence-corrected chi connectivity index (χ4v) is 1.36. The quantitative estimate of drug-likeness (QED) is 0.386. The smallest absolute Gasteiger partial charge is 0.184 e. The highest BCUT2D eigenvalue weighted by atomic mass is 16.6. The number of hydrogen-bond acceptors (Lipinski definition) is 6. The molecular formula is C7H14O6. The van der Waals surface area contributed by atoms with Gasteiger partial charge >= 0.3 is 0 Å². The number of aliphatic hydroxyl groups is 4. The van der Waals surface area contributed by atoms with Gasteiger partial charge in [0.05, 0.1) is 6.61 Å². The lowest BCUT2D eigenvalue weighted by molar-refractivity contribution is -0.290. The topological polar surface area (TPSA) is 99.4 Å². The second-order valence-electron chi connectivity index (χ2n) is 2.93. The second-order valence-corrected chi connectivity index (χ2v) is 2.93. The summed E-state index contributed by atoms with van der Waals surface area (Å²) < 4.78 is 9.61. The van der Waals surface area contributed by atoms with Gasteiger partial charge < -0.3 is 29.9 Å². The van der Waals surface area contributed by atoms with Crippen LogP contribution >= 0.6 is 0 Å². The standard InChI is InChI=1S/C7H14O6/c1-12-6-3(2-8)13-7(11)5(10)4(6)9/h3-11H,2H2,1H3/t3-,4+,5-,6+,7+/m1/s1. The third-order valence-electron chi connectivity index (χ3n) is 2.11. The fourth-order valence-electron chi connectivity index (χ4n) is 1.36. The fraction of sp³-hybridized carbons (Fsp3) is 1.00. The lowest BCUT2D eigenvalue weighted by Crippen LogP contribution is -2.59. The molecule has 1 fully saturated rings. The zero-order valence-corrected chi connectivity index (χ0v) is 7.20. The van der Waals surface area contributed by atoms with Gasteiger partial charge in [-0.3, -0.25) is 0 Å². The maximum atomic E-state index is 9.38. The summed E-state index contributed by atoms with van der Waals surface area (Å²) in [5, 5.41) is 36.4. The van der Waals surface area contributed by atoms with Crippen molar-refractivity contribution in [3.05, 3.63) is 0 Å². The molecule has 0 spiro atoms. The summed E-state index contributed by atoms with van der Waals surface area (Å²) in [7, 11) is 1.32. The Bertz CT molecular complexity index is 161. The number of hydrogen-bond donors (Lipinski definition) is 4. The number of rotatable bonds is 2. The van der Waals surface area contributed by atoms with Gasteiger partial charge in [0.25, 0.3) is 0 Å². The Morgan fingerprint density at radius 1 is 1.23 bits per heavy atom. The van der Waals surface area contributed by atoms with Crippen LogP contribution < -0.4 is 0 Å². The number of methoxy groups -OCH3 is 1. The van der Waals surface area contributed by atoms with Gasteiger partial charge in [-0.15, -0.1) is 0 Å². The maximum Gasteiger partial charge on any atom is 0.184 e. The van der Waals surface area contributed by atoms with E-state index in [1.807, 2.05) is 0 Å². The molecule has 0 unspecified atom stereocenters. The number of ether oxygens (including phenoxy) is 2. The van der Waals surface area contributed by atoms with E-state index in [2.05, 4.69) is 0 Å². The predicted octanol–water partition coefficient (Wildman–Crippen LogP) is -2.57. The summed E-state index contributed by atoms with van der Waals surface area (Å²) in [6.45, 7) is -0.390. The van der Waals surface area contributed by atoms with Crippen molar-refractivity contribution < 1.29 is 29.9 Å². The lowest BCUT2D eigenvalue weighted by Gasteiger charge is -2.39. The van der Waals surface area contributed by atoms with E-state index in [0.717, 1.165) is 0 Å². The maximum absolute atomic E-state index is 9.38. The summed E-state index contributed by atoms with van der Waals surface area (Å²) >= 11 is 0. The largest absolute Gasteiger partial charge is 0.394 e. The second kappa shape index (κ2) is 4.32. The molecule has 0 aromatic rings. The average Bonchev–Trinajstić information content (AvgIpc) is 2.13. The minimum Gasteiger partial charge on any atom is -0.394 e. The molecule has 1 heterocycles. The van der Waals surface area contributed by atoms with E-state index in [4.69, 9.17) is 19.7 Å². The van der Waals surface area contributed by atoms with E-state index < -0.39 is 30.7 Å². The summed E-state index contributed by atoms with van der Waals surface area (Å²) in [6.07, 6.45) is -5.81. The molecule has 0 aromatic heterocycles. The Labute approximate surface area is 75.3 Å². The Kier molecular flexibility index (Phi) is 3.60. The summed E-state index contributed by atoms with van der Waals surface area (Å²) in [5.74, 6) is 0. The van der Waals surface area contributed by atoms with Crippen molar-refractivity contribution in [2.24, 2.45) is 0 Å². The first-order chi connectivity index (χ1) is 6.11. The van der Waals surface area contributed by atoms with Gasteiger partial charge in [0.2, 0.25) is 0 Å². The molecule has 1 aliphatic rings. The molecule has 0 aromatic carbocycles.